The van der Waals surface area contributed by atoms with Gasteiger partial charge in [0.15, 0.2) is 17.6 Å². The van der Waals surface area contributed by atoms with Crippen LogP contribution in [-0.2, 0) is 0 Å². The number of hydrogen-bond donors (Lipinski definition) is 2. The van der Waals surface area contributed by atoms with Gasteiger partial charge in [0.25, 0.3) is 0 Å². The summed E-state index contributed by atoms with van der Waals surface area (Å²) < 4.78 is 26.4. The summed E-state index contributed by atoms with van der Waals surface area (Å²) in [4.78, 5) is 6.59. The number of aliphatic imine (C=N–C) groups is 1. The molecule has 0 aliphatic heterocycles. The van der Waals surface area contributed by atoms with Gasteiger partial charge in [-0.25, -0.2) is 8.78 Å². The van der Waals surface area contributed by atoms with E-state index in [9.17, 15) is 8.78 Å². The number of hydrogen-bond acceptors (Lipinski definition) is 2. The Balaban J connectivity index is 1.79. The Labute approximate surface area is 143 Å². The van der Waals surface area contributed by atoms with Gasteiger partial charge in [0.2, 0.25) is 0 Å². The first-order valence-electron chi connectivity index (χ1n) is 8.63. The Morgan fingerprint density at radius 2 is 2.00 bits per heavy atom. The molecule has 0 heterocycles. The van der Waals surface area contributed by atoms with Gasteiger partial charge in [0.1, 0.15) is 0 Å². The minimum Gasteiger partial charge on any atom is -0.355 e. The van der Waals surface area contributed by atoms with Crippen LogP contribution in [0.3, 0.4) is 0 Å². The second-order valence-corrected chi connectivity index (χ2v) is 6.46. The second-order valence-electron chi connectivity index (χ2n) is 6.46. The highest BCUT2D eigenvalue weighted by Gasteiger charge is 2.19. The van der Waals surface area contributed by atoms with E-state index < -0.39 is 11.6 Å². The van der Waals surface area contributed by atoms with E-state index in [-0.39, 0.29) is 6.04 Å². The third-order valence-corrected chi connectivity index (χ3v) is 4.73. The van der Waals surface area contributed by atoms with Crippen molar-refractivity contribution in [3.8, 4) is 0 Å². The smallest absolute Gasteiger partial charge is 0.191 e. The third kappa shape index (κ3) is 5.16. The van der Waals surface area contributed by atoms with E-state index in [0.29, 0.717) is 17.6 Å². The zero-order valence-corrected chi connectivity index (χ0v) is 14.8. The summed E-state index contributed by atoms with van der Waals surface area (Å²) in [5.41, 5.74) is 0.680. The van der Waals surface area contributed by atoms with Crippen molar-refractivity contribution in [3.63, 3.8) is 0 Å². The van der Waals surface area contributed by atoms with E-state index in [1.165, 1.54) is 31.7 Å². The molecule has 1 atom stereocenters. The summed E-state index contributed by atoms with van der Waals surface area (Å²) in [6.45, 7) is 3.63. The minimum atomic E-state index is -0.831. The topological polar surface area (TPSA) is 39.7 Å². The average molecular weight is 338 g/mol. The highest BCUT2D eigenvalue weighted by Crippen LogP contribution is 2.21. The molecule has 0 bridgehead atoms. The predicted molar refractivity (Wildman–Crippen MR) is 94.2 cm³/mol. The fraction of sp³-hybridized carbons (Fsp3) is 0.611. The van der Waals surface area contributed by atoms with Crippen LogP contribution < -0.4 is 10.6 Å². The lowest BCUT2D eigenvalue weighted by Gasteiger charge is -2.25. The van der Waals surface area contributed by atoms with E-state index in [1.54, 1.807) is 13.1 Å². The van der Waals surface area contributed by atoms with Gasteiger partial charge >= 0.3 is 0 Å². The molecule has 1 aliphatic rings. The molecule has 1 aliphatic carbocycles. The monoisotopic (exact) mass is 338 g/mol. The van der Waals surface area contributed by atoms with Crippen molar-refractivity contribution in [2.24, 2.45) is 4.99 Å². The summed E-state index contributed by atoms with van der Waals surface area (Å²) in [5, 5.41) is 6.48. The standard InChI is InChI=1S/C18H28F2N4/c1-13(14-8-9-16(19)17(20)12-14)23-18(21-2)22-10-11-24(3)15-6-4-5-7-15/h8-9,12-13,15H,4-7,10-11H2,1-3H3,(H2,21,22,23). The first kappa shape index (κ1) is 18.6. The minimum absolute atomic E-state index is 0.168. The molecule has 1 unspecified atom stereocenters. The molecule has 1 aromatic rings. The Bertz CT molecular complexity index is 556. The number of rotatable bonds is 6. The highest BCUT2D eigenvalue weighted by atomic mass is 19.2. The molecule has 1 fully saturated rings. The van der Waals surface area contributed by atoms with Gasteiger partial charge in [-0.15, -0.1) is 0 Å². The van der Waals surface area contributed by atoms with Crippen molar-refractivity contribution in [1.82, 2.24) is 15.5 Å². The fourth-order valence-electron chi connectivity index (χ4n) is 3.14. The Kier molecular flexibility index (Phi) is 6.97. The number of guanidine groups is 1. The van der Waals surface area contributed by atoms with Crippen molar-refractivity contribution < 1.29 is 8.78 Å². The number of likely N-dealkylation sites (N-methyl/N-ethyl adjacent to an activating group) is 1. The molecule has 0 spiro atoms. The molecule has 6 heteroatoms. The van der Waals surface area contributed by atoms with Gasteiger partial charge in [-0.1, -0.05) is 18.9 Å². The third-order valence-electron chi connectivity index (χ3n) is 4.73. The van der Waals surface area contributed by atoms with E-state index in [0.717, 1.165) is 19.2 Å². The predicted octanol–water partition coefficient (Wildman–Crippen LogP) is 3.07. The lowest BCUT2D eigenvalue weighted by Crippen LogP contribution is -2.43. The molecule has 1 saturated carbocycles. The zero-order chi connectivity index (χ0) is 17.5. The molecule has 0 aromatic heterocycles. The van der Waals surface area contributed by atoms with Gasteiger partial charge < -0.3 is 15.5 Å². The fourth-order valence-corrected chi connectivity index (χ4v) is 3.14. The summed E-state index contributed by atoms with van der Waals surface area (Å²) in [6, 6.07) is 4.47. The van der Waals surface area contributed by atoms with Gasteiger partial charge in [0.05, 0.1) is 6.04 Å². The van der Waals surface area contributed by atoms with Crippen LogP contribution in [0.5, 0.6) is 0 Å². The number of nitrogens with zero attached hydrogens (tertiary/aromatic N) is 2. The van der Waals surface area contributed by atoms with Crippen LogP contribution in [0.1, 0.15) is 44.2 Å². The van der Waals surface area contributed by atoms with E-state index in [1.807, 2.05) is 6.92 Å². The maximum absolute atomic E-state index is 13.3. The number of nitrogens with one attached hydrogen (secondary N) is 2. The Hall–Kier alpha value is -1.69. The number of halogens is 2. The van der Waals surface area contributed by atoms with Crippen LogP contribution in [0, 0.1) is 11.6 Å². The van der Waals surface area contributed by atoms with Crippen LogP contribution in [0.2, 0.25) is 0 Å². The molecular formula is C18H28F2N4. The van der Waals surface area contributed by atoms with Crippen LogP contribution in [0.15, 0.2) is 23.2 Å². The summed E-state index contributed by atoms with van der Waals surface area (Å²) in [6.07, 6.45) is 5.24. The van der Waals surface area contributed by atoms with Gasteiger partial charge in [-0.05, 0) is 44.5 Å². The van der Waals surface area contributed by atoms with Crippen LogP contribution >= 0.6 is 0 Å². The Morgan fingerprint density at radius 3 is 2.62 bits per heavy atom. The quantitative estimate of drug-likeness (QED) is 0.619. The van der Waals surface area contributed by atoms with Crippen LogP contribution in [0.25, 0.3) is 0 Å². The molecule has 4 nitrogen and oxygen atoms in total. The van der Waals surface area contributed by atoms with E-state index in [4.69, 9.17) is 0 Å². The van der Waals surface area contributed by atoms with Crippen molar-refractivity contribution in [2.75, 3.05) is 27.2 Å². The van der Waals surface area contributed by atoms with Gasteiger partial charge in [-0.3, -0.25) is 4.99 Å². The maximum Gasteiger partial charge on any atom is 0.191 e. The summed E-state index contributed by atoms with van der Waals surface area (Å²) >= 11 is 0. The Morgan fingerprint density at radius 1 is 1.29 bits per heavy atom. The molecule has 0 saturated heterocycles. The zero-order valence-electron chi connectivity index (χ0n) is 14.8. The lowest BCUT2D eigenvalue weighted by atomic mass is 10.1. The van der Waals surface area contributed by atoms with Crippen molar-refractivity contribution in [3.05, 3.63) is 35.4 Å². The normalized spacial score (nSPS) is 17.3. The summed E-state index contributed by atoms with van der Waals surface area (Å²) in [5.74, 6) is -1.00. The van der Waals surface area contributed by atoms with E-state index in [2.05, 4.69) is 27.6 Å². The molecular weight excluding hydrogens is 310 g/mol. The molecule has 134 valence electrons. The van der Waals surface area contributed by atoms with Gasteiger partial charge in [-0.2, -0.15) is 0 Å². The number of benzene rings is 1. The molecule has 2 N–H and O–H groups in total. The van der Waals surface area contributed by atoms with Crippen LogP contribution in [0.4, 0.5) is 8.78 Å². The highest BCUT2D eigenvalue weighted by molar-refractivity contribution is 5.80. The maximum atomic E-state index is 13.3. The van der Waals surface area contributed by atoms with Gasteiger partial charge in [0, 0.05) is 26.2 Å². The van der Waals surface area contributed by atoms with E-state index >= 15 is 0 Å². The van der Waals surface area contributed by atoms with Crippen LogP contribution in [-0.4, -0.2) is 44.1 Å². The first-order chi connectivity index (χ1) is 11.5. The molecule has 2 rings (SSSR count). The van der Waals surface area contributed by atoms with Crippen molar-refractivity contribution in [2.45, 2.75) is 44.7 Å². The summed E-state index contributed by atoms with van der Waals surface area (Å²) in [7, 11) is 3.87. The lowest BCUT2D eigenvalue weighted by molar-refractivity contribution is 0.249. The largest absolute Gasteiger partial charge is 0.355 e. The first-order valence-corrected chi connectivity index (χ1v) is 8.63. The van der Waals surface area contributed by atoms with Crippen molar-refractivity contribution >= 4 is 5.96 Å². The molecule has 0 amide bonds. The molecule has 0 radical (unpaired) electrons. The average Bonchev–Trinajstić information content (AvgIpc) is 3.10. The van der Waals surface area contributed by atoms with Crippen molar-refractivity contribution in [1.29, 1.82) is 0 Å². The second kappa shape index (κ2) is 8.97. The molecule has 1 aromatic carbocycles. The SMILES string of the molecule is CN=C(NCCN(C)C1CCCC1)NC(C)c1ccc(F)c(F)c1. The molecule has 24 heavy (non-hydrogen) atoms.